The van der Waals surface area contributed by atoms with Crippen molar-refractivity contribution in [2.75, 3.05) is 21.2 Å². The van der Waals surface area contributed by atoms with Crippen molar-refractivity contribution < 1.29 is 9.53 Å². The van der Waals surface area contributed by atoms with E-state index in [1.807, 2.05) is 43.3 Å². The largest absolute Gasteiger partial charge is 0.465 e. The summed E-state index contributed by atoms with van der Waals surface area (Å²) in [5.41, 5.74) is 1.36. The molecule has 16 heavy (non-hydrogen) atoms. The highest BCUT2D eigenvalue weighted by atomic mass is 79.9. The summed E-state index contributed by atoms with van der Waals surface area (Å²) in [6, 6.07) is 7.54. The lowest BCUT2D eigenvalue weighted by molar-refractivity contribution is -0.133. The molecule has 86 valence electrons. The Morgan fingerprint density at radius 1 is 1.44 bits per heavy atom. The quantitative estimate of drug-likeness (QED) is 0.631. The molecule has 0 bridgehead atoms. The topological polar surface area (TPSA) is 29.5 Å². The Labute approximate surface area is 104 Å². The zero-order chi connectivity index (χ0) is 12.1. The summed E-state index contributed by atoms with van der Waals surface area (Å²) in [6.07, 6.45) is 1.74. The van der Waals surface area contributed by atoms with Crippen molar-refractivity contribution in [2.24, 2.45) is 0 Å². The first kappa shape index (κ1) is 12.8. The third-order valence-electron chi connectivity index (χ3n) is 1.93. The highest BCUT2D eigenvalue weighted by Gasteiger charge is 2.12. The van der Waals surface area contributed by atoms with Gasteiger partial charge in [-0.25, -0.2) is 4.79 Å². The Balaban J connectivity index is 3.16. The van der Waals surface area contributed by atoms with Gasteiger partial charge in [0.2, 0.25) is 0 Å². The van der Waals surface area contributed by atoms with Crippen LogP contribution in [0.25, 0.3) is 5.57 Å². The first-order chi connectivity index (χ1) is 7.54. The molecule has 0 heterocycles. The van der Waals surface area contributed by atoms with Crippen molar-refractivity contribution in [3.8, 4) is 0 Å². The molecule has 0 aliphatic heterocycles. The van der Waals surface area contributed by atoms with E-state index in [-0.39, 0.29) is 5.97 Å². The monoisotopic (exact) mass is 283 g/mol. The van der Waals surface area contributed by atoms with Crippen LogP contribution in [0.15, 0.2) is 34.9 Å². The van der Waals surface area contributed by atoms with Gasteiger partial charge in [-0.15, -0.1) is 0 Å². The second kappa shape index (κ2) is 5.70. The number of rotatable bonds is 3. The number of carbonyl (C=O) groups excluding carboxylic acids is 1. The Morgan fingerprint density at radius 3 is 2.62 bits per heavy atom. The summed E-state index contributed by atoms with van der Waals surface area (Å²) in [7, 11) is 5.10. The summed E-state index contributed by atoms with van der Waals surface area (Å²) >= 11 is 3.37. The lowest BCUT2D eigenvalue weighted by atomic mass is 10.1. The van der Waals surface area contributed by atoms with Crippen molar-refractivity contribution >= 4 is 27.5 Å². The summed E-state index contributed by atoms with van der Waals surface area (Å²) in [6.45, 7) is 0. The van der Waals surface area contributed by atoms with Crippen LogP contribution in [-0.2, 0) is 9.53 Å². The standard InChI is InChI=1S/C12H14BrNO2/c1-14(2)8-11(12(15)16-3)9-5-4-6-10(13)7-9/h4-8H,1-3H3. The van der Waals surface area contributed by atoms with Gasteiger partial charge < -0.3 is 9.64 Å². The van der Waals surface area contributed by atoms with Crippen LogP contribution in [-0.4, -0.2) is 32.1 Å². The molecule has 0 unspecified atom stereocenters. The van der Waals surface area contributed by atoms with Crippen LogP contribution in [0.5, 0.6) is 0 Å². The van der Waals surface area contributed by atoms with Crippen LogP contribution >= 0.6 is 15.9 Å². The Bertz CT molecular complexity index is 413. The number of hydrogen-bond donors (Lipinski definition) is 0. The summed E-state index contributed by atoms with van der Waals surface area (Å²) in [5.74, 6) is -0.341. The first-order valence-electron chi connectivity index (χ1n) is 4.77. The minimum Gasteiger partial charge on any atom is -0.465 e. The number of methoxy groups -OCH3 is 1. The van der Waals surface area contributed by atoms with Gasteiger partial charge in [-0.05, 0) is 17.7 Å². The normalized spacial score (nSPS) is 11.1. The molecule has 0 saturated heterocycles. The van der Waals surface area contributed by atoms with E-state index < -0.39 is 0 Å². The smallest absolute Gasteiger partial charge is 0.339 e. The Hall–Kier alpha value is -1.29. The minimum absolute atomic E-state index is 0.341. The number of benzene rings is 1. The van der Waals surface area contributed by atoms with Gasteiger partial charge in [-0.1, -0.05) is 28.1 Å². The van der Waals surface area contributed by atoms with Gasteiger partial charge in [0.1, 0.15) is 0 Å². The second-order valence-corrected chi connectivity index (χ2v) is 4.42. The zero-order valence-corrected chi connectivity index (χ0v) is 11.1. The number of hydrogen-bond acceptors (Lipinski definition) is 3. The molecule has 0 atom stereocenters. The van der Waals surface area contributed by atoms with E-state index in [1.54, 1.807) is 6.20 Å². The molecule has 4 heteroatoms. The molecular formula is C12H14BrNO2. The van der Waals surface area contributed by atoms with E-state index in [9.17, 15) is 4.79 Å². The molecule has 1 aromatic carbocycles. The predicted molar refractivity (Wildman–Crippen MR) is 67.8 cm³/mol. The fourth-order valence-electron chi connectivity index (χ4n) is 1.27. The van der Waals surface area contributed by atoms with E-state index in [0.29, 0.717) is 5.57 Å². The molecule has 0 saturated carbocycles. The first-order valence-corrected chi connectivity index (χ1v) is 5.56. The van der Waals surface area contributed by atoms with Crippen molar-refractivity contribution in [3.63, 3.8) is 0 Å². The van der Waals surface area contributed by atoms with Crippen LogP contribution in [0.3, 0.4) is 0 Å². The molecular weight excluding hydrogens is 270 g/mol. The molecule has 0 aliphatic carbocycles. The lowest BCUT2D eigenvalue weighted by Crippen LogP contribution is -2.10. The number of halogens is 1. The molecule has 0 fully saturated rings. The van der Waals surface area contributed by atoms with Crippen LogP contribution in [0.2, 0.25) is 0 Å². The van der Waals surface area contributed by atoms with Crippen molar-refractivity contribution in [3.05, 3.63) is 40.5 Å². The average Bonchev–Trinajstić information content (AvgIpc) is 2.24. The maximum atomic E-state index is 11.6. The van der Waals surface area contributed by atoms with E-state index in [2.05, 4.69) is 15.9 Å². The van der Waals surface area contributed by atoms with Gasteiger partial charge >= 0.3 is 5.97 Å². The predicted octanol–water partition coefficient (Wildman–Crippen LogP) is 2.52. The van der Waals surface area contributed by atoms with Gasteiger partial charge in [-0.2, -0.15) is 0 Å². The second-order valence-electron chi connectivity index (χ2n) is 3.51. The third-order valence-corrected chi connectivity index (χ3v) is 2.42. The van der Waals surface area contributed by atoms with Crippen molar-refractivity contribution in [2.45, 2.75) is 0 Å². The molecule has 0 spiro atoms. The number of nitrogens with zero attached hydrogens (tertiary/aromatic N) is 1. The van der Waals surface area contributed by atoms with Crippen LogP contribution in [0.4, 0.5) is 0 Å². The SMILES string of the molecule is COC(=O)C(=CN(C)C)c1cccc(Br)c1. The van der Waals surface area contributed by atoms with E-state index in [4.69, 9.17) is 4.74 Å². The fourth-order valence-corrected chi connectivity index (χ4v) is 1.67. The molecule has 1 aromatic rings. The van der Waals surface area contributed by atoms with Crippen molar-refractivity contribution in [1.82, 2.24) is 4.90 Å². The van der Waals surface area contributed by atoms with E-state index >= 15 is 0 Å². The molecule has 0 N–H and O–H groups in total. The lowest BCUT2D eigenvalue weighted by Gasteiger charge is -2.10. The average molecular weight is 284 g/mol. The Morgan fingerprint density at radius 2 is 2.12 bits per heavy atom. The van der Waals surface area contributed by atoms with E-state index in [0.717, 1.165) is 10.0 Å². The molecule has 0 aromatic heterocycles. The highest BCUT2D eigenvalue weighted by Crippen LogP contribution is 2.20. The van der Waals surface area contributed by atoms with Gasteiger partial charge in [-0.3, -0.25) is 0 Å². The number of ether oxygens (including phenoxy) is 1. The highest BCUT2D eigenvalue weighted by molar-refractivity contribution is 9.10. The van der Waals surface area contributed by atoms with Crippen LogP contribution in [0, 0.1) is 0 Å². The maximum Gasteiger partial charge on any atom is 0.339 e. The fraction of sp³-hybridized carbons (Fsp3) is 0.250. The van der Waals surface area contributed by atoms with Crippen LogP contribution < -0.4 is 0 Å². The van der Waals surface area contributed by atoms with Gasteiger partial charge in [0, 0.05) is 24.8 Å². The molecule has 0 radical (unpaired) electrons. The van der Waals surface area contributed by atoms with Gasteiger partial charge in [0.15, 0.2) is 0 Å². The summed E-state index contributed by atoms with van der Waals surface area (Å²) in [5, 5.41) is 0. The van der Waals surface area contributed by atoms with Crippen molar-refractivity contribution in [1.29, 1.82) is 0 Å². The van der Waals surface area contributed by atoms with Gasteiger partial charge in [0.05, 0.1) is 12.7 Å². The maximum absolute atomic E-state index is 11.6. The summed E-state index contributed by atoms with van der Waals surface area (Å²) in [4.78, 5) is 13.4. The Kier molecular flexibility index (Phi) is 4.55. The van der Waals surface area contributed by atoms with E-state index in [1.165, 1.54) is 7.11 Å². The number of carbonyl (C=O) groups is 1. The minimum atomic E-state index is -0.341. The summed E-state index contributed by atoms with van der Waals surface area (Å²) < 4.78 is 5.69. The molecule has 0 aliphatic rings. The molecule has 0 amide bonds. The molecule has 3 nitrogen and oxygen atoms in total. The number of esters is 1. The third kappa shape index (κ3) is 3.38. The van der Waals surface area contributed by atoms with Gasteiger partial charge in [0.25, 0.3) is 0 Å². The molecule has 1 rings (SSSR count). The zero-order valence-electron chi connectivity index (χ0n) is 9.53. The van der Waals surface area contributed by atoms with Crippen LogP contribution in [0.1, 0.15) is 5.56 Å².